The fourth-order valence-corrected chi connectivity index (χ4v) is 2.55. The number of carbonyl (C=O) groups excluding carboxylic acids is 1. The van der Waals surface area contributed by atoms with Crippen molar-refractivity contribution in [3.63, 3.8) is 0 Å². The number of benzene rings is 1. The maximum Gasteiger partial charge on any atom is 0.410 e. The zero-order chi connectivity index (χ0) is 14.8. The van der Waals surface area contributed by atoms with Gasteiger partial charge in [0, 0.05) is 12.6 Å². The highest BCUT2D eigenvalue weighted by Gasteiger charge is 2.32. The molecule has 0 spiro atoms. The zero-order valence-corrected chi connectivity index (χ0v) is 12.4. The van der Waals surface area contributed by atoms with Crippen molar-refractivity contribution >= 4 is 6.09 Å². The van der Waals surface area contributed by atoms with Crippen LogP contribution >= 0.6 is 0 Å². The van der Waals surface area contributed by atoms with Crippen molar-refractivity contribution in [2.75, 3.05) is 6.54 Å². The average molecular weight is 277 g/mol. The summed E-state index contributed by atoms with van der Waals surface area (Å²) in [5, 5.41) is 9.85. The molecule has 110 valence electrons. The summed E-state index contributed by atoms with van der Waals surface area (Å²) in [5.74, 6) is 0.295. The van der Waals surface area contributed by atoms with E-state index in [1.165, 1.54) is 0 Å². The molecule has 4 nitrogen and oxygen atoms in total. The van der Waals surface area contributed by atoms with Crippen LogP contribution < -0.4 is 0 Å². The lowest BCUT2D eigenvalue weighted by Gasteiger charge is -2.28. The van der Waals surface area contributed by atoms with E-state index in [2.05, 4.69) is 0 Å². The van der Waals surface area contributed by atoms with Gasteiger partial charge in [0.2, 0.25) is 0 Å². The molecule has 1 amide bonds. The van der Waals surface area contributed by atoms with Gasteiger partial charge in [-0.3, -0.25) is 0 Å². The molecule has 1 fully saturated rings. The first-order valence-corrected chi connectivity index (χ1v) is 7.13. The number of hydrogen-bond donors (Lipinski definition) is 1. The van der Waals surface area contributed by atoms with Gasteiger partial charge in [0.15, 0.2) is 0 Å². The highest BCUT2D eigenvalue weighted by Crippen LogP contribution is 2.26. The highest BCUT2D eigenvalue weighted by atomic mass is 16.6. The second-order valence-corrected chi connectivity index (χ2v) is 6.30. The molecule has 0 bridgehead atoms. The quantitative estimate of drug-likeness (QED) is 0.902. The van der Waals surface area contributed by atoms with Crippen LogP contribution in [-0.2, 0) is 11.2 Å². The summed E-state index contributed by atoms with van der Waals surface area (Å²) in [6.07, 6.45) is 2.35. The topological polar surface area (TPSA) is 49.8 Å². The molecule has 1 unspecified atom stereocenters. The smallest absolute Gasteiger partial charge is 0.410 e. The Kier molecular flexibility index (Phi) is 4.21. The maximum atomic E-state index is 12.2. The Morgan fingerprint density at radius 2 is 2.10 bits per heavy atom. The molecule has 0 saturated carbocycles. The number of ether oxygens (including phenoxy) is 1. The summed E-state index contributed by atoms with van der Waals surface area (Å²) >= 11 is 0. The van der Waals surface area contributed by atoms with Crippen molar-refractivity contribution in [3.8, 4) is 5.75 Å². The van der Waals surface area contributed by atoms with Gasteiger partial charge in [0.05, 0.1) is 0 Å². The first-order chi connectivity index (χ1) is 9.37. The van der Waals surface area contributed by atoms with E-state index in [1.807, 2.05) is 32.9 Å². The Balaban J connectivity index is 2.04. The molecule has 1 aliphatic rings. The molecule has 2 rings (SSSR count). The summed E-state index contributed by atoms with van der Waals surface area (Å²) in [4.78, 5) is 14.0. The minimum absolute atomic E-state index is 0.109. The predicted molar refractivity (Wildman–Crippen MR) is 77.8 cm³/mol. The van der Waals surface area contributed by atoms with Gasteiger partial charge < -0.3 is 14.7 Å². The molecule has 4 heteroatoms. The predicted octanol–water partition coefficient (Wildman–Crippen LogP) is 3.33. The standard InChI is InChI=1S/C16H23NO3/c1-16(2,3)20-15(19)17-10-6-8-13(17)11-12-7-4-5-9-14(12)18/h4-5,7,9,13,18H,6,8,10-11H2,1-3H3. The number of aromatic hydroxyl groups is 1. The summed E-state index contributed by atoms with van der Waals surface area (Å²) in [6, 6.07) is 7.40. The van der Waals surface area contributed by atoms with Crippen LogP contribution in [0, 0.1) is 0 Å². The molecular formula is C16H23NO3. The summed E-state index contributed by atoms with van der Waals surface area (Å²) in [6.45, 7) is 6.35. The number of likely N-dealkylation sites (tertiary alicyclic amines) is 1. The highest BCUT2D eigenvalue weighted by molar-refractivity contribution is 5.69. The Morgan fingerprint density at radius 1 is 1.40 bits per heavy atom. The lowest BCUT2D eigenvalue weighted by Crippen LogP contribution is -2.40. The van der Waals surface area contributed by atoms with Crippen molar-refractivity contribution in [1.29, 1.82) is 0 Å². The van der Waals surface area contributed by atoms with Crippen LogP contribution in [0.5, 0.6) is 5.75 Å². The Hall–Kier alpha value is -1.71. The van der Waals surface area contributed by atoms with E-state index in [-0.39, 0.29) is 12.1 Å². The average Bonchev–Trinajstić information content (AvgIpc) is 2.78. The molecule has 1 heterocycles. The Labute approximate surface area is 120 Å². The van der Waals surface area contributed by atoms with Crippen molar-refractivity contribution in [1.82, 2.24) is 4.90 Å². The minimum atomic E-state index is -0.473. The first-order valence-electron chi connectivity index (χ1n) is 7.13. The maximum absolute atomic E-state index is 12.2. The summed E-state index contributed by atoms with van der Waals surface area (Å²) in [7, 11) is 0. The van der Waals surface area contributed by atoms with E-state index in [1.54, 1.807) is 17.0 Å². The van der Waals surface area contributed by atoms with Gasteiger partial charge in [-0.05, 0) is 51.7 Å². The lowest BCUT2D eigenvalue weighted by atomic mass is 10.0. The van der Waals surface area contributed by atoms with Gasteiger partial charge in [-0.25, -0.2) is 4.79 Å². The molecule has 20 heavy (non-hydrogen) atoms. The number of amides is 1. The Morgan fingerprint density at radius 3 is 2.75 bits per heavy atom. The molecule has 1 saturated heterocycles. The number of nitrogens with zero attached hydrogens (tertiary/aromatic N) is 1. The number of para-hydroxylation sites is 1. The molecule has 1 aromatic rings. The number of carbonyl (C=O) groups is 1. The number of phenols is 1. The van der Waals surface area contributed by atoms with Gasteiger partial charge in [0.1, 0.15) is 11.4 Å². The molecule has 0 radical (unpaired) electrons. The largest absolute Gasteiger partial charge is 0.508 e. The molecule has 1 aromatic carbocycles. The van der Waals surface area contributed by atoms with Crippen LogP contribution in [0.15, 0.2) is 24.3 Å². The van der Waals surface area contributed by atoms with E-state index in [4.69, 9.17) is 4.74 Å². The van der Waals surface area contributed by atoms with Crippen LogP contribution in [0.25, 0.3) is 0 Å². The van der Waals surface area contributed by atoms with E-state index in [0.717, 1.165) is 24.9 Å². The summed E-state index contributed by atoms with van der Waals surface area (Å²) in [5.41, 5.74) is 0.409. The van der Waals surface area contributed by atoms with Crippen LogP contribution in [0.1, 0.15) is 39.2 Å². The van der Waals surface area contributed by atoms with Crippen LogP contribution in [0.2, 0.25) is 0 Å². The second-order valence-electron chi connectivity index (χ2n) is 6.30. The summed E-state index contributed by atoms with van der Waals surface area (Å²) < 4.78 is 5.44. The van der Waals surface area contributed by atoms with E-state index >= 15 is 0 Å². The number of rotatable bonds is 2. The van der Waals surface area contributed by atoms with E-state index in [9.17, 15) is 9.90 Å². The number of hydrogen-bond acceptors (Lipinski definition) is 3. The van der Waals surface area contributed by atoms with Crippen LogP contribution in [0.3, 0.4) is 0 Å². The zero-order valence-electron chi connectivity index (χ0n) is 12.4. The monoisotopic (exact) mass is 277 g/mol. The SMILES string of the molecule is CC(C)(C)OC(=O)N1CCCC1Cc1ccccc1O. The third-order valence-corrected chi connectivity index (χ3v) is 3.45. The van der Waals surface area contributed by atoms with Crippen LogP contribution in [0.4, 0.5) is 4.79 Å². The molecule has 1 aliphatic heterocycles. The van der Waals surface area contributed by atoms with E-state index < -0.39 is 5.60 Å². The molecule has 1 atom stereocenters. The second kappa shape index (κ2) is 5.73. The van der Waals surface area contributed by atoms with Crippen molar-refractivity contribution in [2.45, 2.75) is 51.7 Å². The normalized spacial score (nSPS) is 19.1. The fourth-order valence-electron chi connectivity index (χ4n) is 2.55. The molecule has 0 aromatic heterocycles. The van der Waals surface area contributed by atoms with Crippen LogP contribution in [-0.4, -0.2) is 34.3 Å². The molecule has 0 aliphatic carbocycles. The van der Waals surface area contributed by atoms with Gasteiger partial charge in [-0.2, -0.15) is 0 Å². The molecular weight excluding hydrogens is 254 g/mol. The minimum Gasteiger partial charge on any atom is -0.508 e. The number of phenolic OH excluding ortho intramolecular Hbond substituents is 1. The fraction of sp³-hybridized carbons (Fsp3) is 0.562. The van der Waals surface area contributed by atoms with Gasteiger partial charge in [-0.1, -0.05) is 18.2 Å². The first kappa shape index (κ1) is 14.7. The Bertz CT molecular complexity index is 479. The van der Waals surface area contributed by atoms with Gasteiger partial charge >= 0.3 is 6.09 Å². The van der Waals surface area contributed by atoms with Crippen molar-refractivity contribution in [3.05, 3.63) is 29.8 Å². The van der Waals surface area contributed by atoms with Gasteiger partial charge in [0.25, 0.3) is 0 Å². The lowest BCUT2D eigenvalue weighted by molar-refractivity contribution is 0.0226. The third kappa shape index (κ3) is 3.65. The van der Waals surface area contributed by atoms with Gasteiger partial charge in [-0.15, -0.1) is 0 Å². The molecule has 1 N–H and O–H groups in total. The van der Waals surface area contributed by atoms with Crippen molar-refractivity contribution < 1.29 is 14.6 Å². The van der Waals surface area contributed by atoms with E-state index in [0.29, 0.717) is 12.2 Å². The third-order valence-electron chi connectivity index (χ3n) is 3.45. The van der Waals surface area contributed by atoms with Crippen molar-refractivity contribution in [2.24, 2.45) is 0 Å².